The van der Waals surface area contributed by atoms with Crippen LogP contribution in [0.15, 0.2) is 28.7 Å². The maximum atomic E-state index is 8.12. The van der Waals surface area contributed by atoms with E-state index in [1.807, 2.05) is 22.9 Å². The average molecular weight is 358 g/mol. The van der Waals surface area contributed by atoms with E-state index in [9.17, 15) is 0 Å². The molecule has 106 valence electrons. The van der Waals surface area contributed by atoms with Gasteiger partial charge < -0.3 is 0 Å². The largest absolute Gasteiger partial charge is 0.373 e. The van der Waals surface area contributed by atoms with Crippen LogP contribution in [0.3, 0.4) is 0 Å². The lowest BCUT2D eigenvalue weighted by Crippen LogP contribution is -1.99. The molecule has 0 aliphatic heterocycles. The van der Waals surface area contributed by atoms with E-state index in [-0.39, 0.29) is 6.15 Å². The topological polar surface area (TPSA) is 52.0 Å². The van der Waals surface area contributed by atoms with Gasteiger partial charge in [-0.3, -0.25) is 4.68 Å². The molecule has 0 amide bonds. The molecule has 0 atom stereocenters. The fourth-order valence-corrected chi connectivity index (χ4v) is 2.57. The highest BCUT2D eigenvalue weighted by Crippen LogP contribution is 2.31. The number of carbonyl (C=O) groups excluding carboxylic acids is 2. The van der Waals surface area contributed by atoms with Crippen LogP contribution in [0.5, 0.6) is 0 Å². The van der Waals surface area contributed by atoms with Gasteiger partial charge in [0, 0.05) is 16.6 Å². The second-order valence-electron chi connectivity index (χ2n) is 3.90. The second-order valence-corrected chi connectivity index (χ2v) is 5.22. The van der Waals surface area contributed by atoms with E-state index < -0.39 is 0 Å². The molecule has 0 bridgehead atoms. The molecule has 1 aromatic carbocycles. The predicted octanol–water partition coefficient (Wildman–Crippen LogP) is 3.96. The lowest BCUT2D eigenvalue weighted by molar-refractivity contribution is -0.191. The fraction of sp³-hybridized carbons (Fsp3) is 0.286. The minimum Gasteiger partial charge on any atom is -0.265 e. The number of halogens is 2. The maximum Gasteiger partial charge on any atom is 0.373 e. The third-order valence-corrected chi connectivity index (χ3v) is 3.51. The van der Waals surface area contributed by atoms with Crippen molar-refractivity contribution in [1.29, 1.82) is 0 Å². The van der Waals surface area contributed by atoms with Gasteiger partial charge in [0.05, 0.1) is 16.4 Å². The standard InChI is InChI=1S/C13H14BrClN2.CO2/c1-3-10-8-13(17(4-2)16-10)11-6-5-9(14)7-12(11)15;2-1-3/h5-8H,3-4H2,1-2H3;. The van der Waals surface area contributed by atoms with Gasteiger partial charge in [-0.05, 0) is 31.5 Å². The first-order valence-electron chi connectivity index (χ1n) is 6.08. The first-order chi connectivity index (χ1) is 9.57. The zero-order valence-corrected chi connectivity index (χ0v) is 13.5. The number of hydrogen-bond donors (Lipinski definition) is 0. The third kappa shape index (κ3) is 4.04. The monoisotopic (exact) mass is 356 g/mol. The van der Waals surface area contributed by atoms with Crippen molar-refractivity contribution in [3.63, 3.8) is 0 Å². The normalized spacial score (nSPS) is 9.60. The Morgan fingerprint density at radius 2 is 1.95 bits per heavy atom. The van der Waals surface area contributed by atoms with Crippen molar-refractivity contribution in [3.8, 4) is 11.3 Å². The van der Waals surface area contributed by atoms with E-state index in [2.05, 4.69) is 40.9 Å². The van der Waals surface area contributed by atoms with Gasteiger partial charge in [0.2, 0.25) is 0 Å². The Hall–Kier alpha value is -1.42. The highest BCUT2D eigenvalue weighted by Gasteiger charge is 2.11. The molecule has 0 aliphatic rings. The number of aryl methyl sites for hydroxylation is 2. The van der Waals surface area contributed by atoms with Crippen molar-refractivity contribution < 1.29 is 9.59 Å². The lowest BCUT2D eigenvalue weighted by Gasteiger charge is -2.06. The first-order valence-corrected chi connectivity index (χ1v) is 7.25. The quantitative estimate of drug-likeness (QED) is 0.835. The first kappa shape index (κ1) is 16.6. The maximum absolute atomic E-state index is 8.12. The molecular formula is C14H14BrClN2O2. The van der Waals surface area contributed by atoms with Crippen molar-refractivity contribution in [2.24, 2.45) is 0 Å². The predicted molar refractivity (Wildman–Crippen MR) is 80.4 cm³/mol. The van der Waals surface area contributed by atoms with Crippen LogP contribution < -0.4 is 0 Å². The van der Waals surface area contributed by atoms with E-state index in [0.29, 0.717) is 0 Å². The molecule has 2 rings (SSSR count). The van der Waals surface area contributed by atoms with Crippen LogP contribution in [0.4, 0.5) is 0 Å². The van der Waals surface area contributed by atoms with Crippen LogP contribution >= 0.6 is 27.5 Å². The molecule has 0 saturated heterocycles. The zero-order valence-electron chi connectivity index (χ0n) is 11.2. The van der Waals surface area contributed by atoms with Gasteiger partial charge in [-0.2, -0.15) is 14.7 Å². The van der Waals surface area contributed by atoms with Crippen molar-refractivity contribution in [1.82, 2.24) is 9.78 Å². The van der Waals surface area contributed by atoms with Crippen LogP contribution in [-0.4, -0.2) is 15.9 Å². The summed E-state index contributed by atoms with van der Waals surface area (Å²) in [5, 5.41) is 5.28. The Morgan fingerprint density at radius 1 is 1.30 bits per heavy atom. The van der Waals surface area contributed by atoms with Gasteiger partial charge in [0.15, 0.2) is 0 Å². The zero-order chi connectivity index (χ0) is 15.1. The van der Waals surface area contributed by atoms with Gasteiger partial charge in [-0.1, -0.05) is 40.5 Å². The summed E-state index contributed by atoms with van der Waals surface area (Å²) in [6.45, 7) is 5.04. The SMILES string of the molecule is CCc1cc(-c2ccc(Br)cc2Cl)n(CC)n1.O=C=O. The van der Waals surface area contributed by atoms with Crippen LogP contribution in [-0.2, 0) is 22.6 Å². The minimum atomic E-state index is 0.250. The average Bonchev–Trinajstić information content (AvgIpc) is 2.83. The molecule has 0 spiro atoms. The molecule has 0 unspecified atom stereocenters. The van der Waals surface area contributed by atoms with E-state index in [1.165, 1.54) is 0 Å². The fourth-order valence-electron chi connectivity index (χ4n) is 1.80. The van der Waals surface area contributed by atoms with Gasteiger partial charge in [0.1, 0.15) is 0 Å². The molecule has 0 radical (unpaired) electrons. The molecule has 4 nitrogen and oxygen atoms in total. The Kier molecular flexibility index (Phi) is 6.65. The third-order valence-electron chi connectivity index (χ3n) is 2.70. The van der Waals surface area contributed by atoms with Crippen molar-refractivity contribution in [2.75, 3.05) is 0 Å². The number of hydrogen-bond acceptors (Lipinski definition) is 3. The molecule has 0 N–H and O–H groups in total. The number of rotatable bonds is 3. The van der Waals surface area contributed by atoms with Crippen LogP contribution in [0.2, 0.25) is 5.02 Å². The summed E-state index contributed by atoms with van der Waals surface area (Å²) in [4.78, 5) is 16.2. The highest BCUT2D eigenvalue weighted by atomic mass is 79.9. The number of benzene rings is 1. The van der Waals surface area contributed by atoms with Crippen molar-refractivity contribution in [2.45, 2.75) is 26.8 Å². The Labute approximate surface area is 130 Å². The van der Waals surface area contributed by atoms with Gasteiger partial charge in [-0.25, -0.2) is 0 Å². The molecule has 1 heterocycles. The molecule has 1 aromatic heterocycles. The molecule has 0 fully saturated rings. The molecule has 20 heavy (non-hydrogen) atoms. The van der Waals surface area contributed by atoms with Gasteiger partial charge in [-0.15, -0.1) is 0 Å². The Morgan fingerprint density at radius 3 is 2.45 bits per heavy atom. The summed E-state index contributed by atoms with van der Waals surface area (Å²) in [6, 6.07) is 8.04. The van der Waals surface area contributed by atoms with E-state index >= 15 is 0 Å². The van der Waals surface area contributed by atoms with Crippen LogP contribution in [0, 0.1) is 0 Å². The van der Waals surface area contributed by atoms with E-state index in [4.69, 9.17) is 21.2 Å². The molecule has 0 aliphatic carbocycles. The number of aromatic nitrogens is 2. The van der Waals surface area contributed by atoms with Gasteiger partial charge in [0.25, 0.3) is 0 Å². The lowest BCUT2D eigenvalue weighted by atomic mass is 10.1. The van der Waals surface area contributed by atoms with Crippen LogP contribution in [0.1, 0.15) is 19.5 Å². The number of nitrogens with zero attached hydrogens (tertiary/aromatic N) is 2. The minimum absolute atomic E-state index is 0.250. The highest BCUT2D eigenvalue weighted by molar-refractivity contribution is 9.10. The van der Waals surface area contributed by atoms with Crippen molar-refractivity contribution in [3.05, 3.63) is 39.5 Å². The van der Waals surface area contributed by atoms with Crippen LogP contribution in [0.25, 0.3) is 11.3 Å². The van der Waals surface area contributed by atoms with Gasteiger partial charge >= 0.3 is 6.15 Å². The summed E-state index contributed by atoms with van der Waals surface area (Å²) in [5.74, 6) is 0. The smallest absolute Gasteiger partial charge is 0.265 e. The summed E-state index contributed by atoms with van der Waals surface area (Å²) in [6.07, 6.45) is 1.19. The molecule has 0 saturated carbocycles. The Bertz CT molecular complexity index is 620. The summed E-state index contributed by atoms with van der Waals surface area (Å²) >= 11 is 9.69. The second kappa shape index (κ2) is 8.00. The molecular weight excluding hydrogens is 344 g/mol. The summed E-state index contributed by atoms with van der Waals surface area (Å²) in [7, 11) is 0. The summed E-state index contributed by atoms with van der Waals surface area (Å²) in [5.41, 5.74) is 3.21. The molecule has 6 heteroatoms. The summed E-state index contributed by atoms with van der Waals surface area (Å²) < 4.78 is 2.98. The molecule has 2 aromatic rings. The van der Waals surface area contributed by atoms with E-state index in [0.717, 1.165) is 39.4 Å². The van der Waals surface area contributed by atoms with E-state index in [1.54, 1.807) is 0 Å². The Balaban J connectivity index is 0.000000612. The van der Waals surface area contributed by atoms with Crippen molar-refractivity contribution >= 4 is 33.7 Å².